The van der Waals surface area contributed by atoms with Gasteiger partial charge in [-0.3, -0.25) is 4.90 Å². The zero-order chi connectivity index (χ0) is 25.7. The molecule has 1 unspecified atom stereocenters. The van der Waals surface area contributed by atoms with Crippen LogP contribution in [0.2, 0.25) is 0 Å². The third-order valence-electron chi connectivity index (χ3n) is 6.70. The SMILES string of the molecule is Cc1ccccc1Cc1c(C)nc(-c2ccccc2)nc1N1CCN(CC(O)COC(C)(C)C)CC1. The van der Waals surface area contributed by atoms with Crippen LogP contribution in [0, 0.1) is 13.8 Å². The summed E-state index contributed by atoms with van der Waals surface area (Å²) in [6.07, 6.45) is 0.324. The molecule has 6 heteroatoms. The number of piperazine rings is 1. The highest BCUT2D eigenvalue weighted by molar-refractivity contribution is 5.61. The van der Waals surface area contributed by atoms with Gasteiger partial charge in [0.25, 0.3) is 0 Å². The Morgan fingerprint density at radius 2 is 1.58 bits per heavy atom. The van der Waals surface area contributed by atoms with Gasteiger partial charge in [-0.25, -0.2) is 9.97 Å². The summed E-state index contributed by atoms with van der Waals surface area (Å²) in [6.45, 7) is 14.8. The van der Waals surface area contributed by atoms with E-state index in [4.69, 9.17) is 14.7 Å². The number of aromatic nitrogens is 2. The lowest BCUT2D eigenvalue weighted by molar-refractivity contribution is -0.0563. The van der Waals surface area contributed by atoms with E-state index in [2.05, 4.69) is 60.0 Å². The number of aliphatic hydroxyl groups excluding tert-OH is 1. The van der Waals surface area contributed by atoms with Gasteiger partial charge in [0.05, 0.1) is 18.3 Å². The predicted octanol–water partition coefficient (Wildman–Crippen LogP) is 4.65. The lowest BCUT2D eigenvalue weighted by Crippen LogP contribution is -2.50. The zero-order valence-corrected chi connectivity index (χ0v) is 22.4. The molecule has 1 aliphatic heterocycles. The fourth-order valence-corrected chi connectivity index (χ4v) is 4.60. The Bertz CT molecular complexity index is 1140. The molecule has 0 aliphatic carbocycles. The molecule has 0 spiro atoms. The van der Waals surface area contributed by atoms with Crippen molar-refractivity contribution < 1.29 is 9.84 Å². The Labute approximate surface area is 216 Å². The molecule has 3 aromatic rings. The lowest BCUT2D eigenvalue weighted by Gasteiger charge is -2.37. The number of aliphatic hydroxyl groups is 1. The quantitative estimate of drug-likeness (QED) is 0.498. The van der Waals surface area contributed by atoms with Gasteiger partial charge in [-0.1, -0.05) is 54.6 Å². The van der Waals surface area contributed by atoms with E-state index >= 15 is 0 Å². The number of nitrogens with zero attached hydrogens (tertiary/aromatic N) is 4. The van der Waals surface area contributed by atoms with Gasteiger partial charge in [0, 0.05) is 56.0 Å². The van der Waals surface area contributed by atoms with E-state index in [1.54, 1.807) is 0 Å². The first-order chi connectivity index (χ1) is 17.2. The van der Waals surface area contributed by atoms with E-state index in [1.165, 1.54) is 16.7 Å². The van der Waals surface area contributed by atoms with Crippen molar-refractivity contribution in [1.82, 2.24) is 14.9 Å². The number of rotatable bonds is 8. The van der Waals surface area contributed by atoms with Gasteiger partial charge < -0.3 is 14.7 Å². The number of ether oxygens (including phenoxy) is 1. The van der Waals surface area contributed by atoms with Gasteiger partial charge in [-0.05, 0) is 45.7 Å². The monoisotopic (exact) mass is 488 g/mol. The van der Waals surface area contributed by atoms with Crippen molar-refractivity contribution in [3.8, 4) is 11.4 Å². The van der Waals surface area contributed by atoms with Crippen LogP contribution < -0.4 is 4.90 Å². The third kappa shape index (κ3) is 6.90. The van der Waals surface area contributed by atoms with E-state index in [0.29, 0.717) is 13.2 Å². The average Bonchev–Trinajstić information content (AvgIpc) is 2.86. The topological polar surface area (TPSA) is 61.7 Å². The first kappa shape index (κ1) is 26.3. The largest absolute Gasteiger partial charge is 0.389 e. The molecule has 2 aromatic carbocycles. The van der Waals surface area contributed by atoms with Crippen molar-refractivity contribution >= 4 is 5.82 Å². The Hall–Kier alpha value is -2.80. The average molecular weight is 489 g/mol. The maximum Gasteiger partial charge on any atom is 0.161 e. The van der Waals surface area contributed by atoms with Crippen LogP contribution in [0.15, 0.2) is 54.6 Å². The molecular weight excluding hydrogens is 448 g/mol. The second-order valence-corrected chi connectivity index (χ2v) is 10.8. The minimum Gasteiger partial charge on any atom is -0.389 e. The van der Waals surface area contributed by atoms with E-state index in [0.717, 1.165) is 55.5 Å². The van der Waals surface area contributed by atoms with Crippen molar-refractivity contribution in [3.05, 3.63) is 77.0 Å². The number of hydrogen-bond donors (Lipinski definition) is 1. The molecule has 4 rings (SSSR count). The minimum atomic E-state index is -0.488. The predicted molar refractivity (Wildman–Crippen MR) is 147 cm³/mol. The highest BCUT2D eigenvalue weighted by Gasteiger charge is 2.25. The summed E-state index contributed by atoms with van der Waals surface area (Å²) < 4.78 is 5.77. The maximum atomic E-state index is 10.5. The van der Waals surface area contributed by atoms with Gasteiger partial charge in [-0.15, -0.1) is 0 Å². The van der Waals surface area contributed by atoms with Crippen LogP contribution in [0.4, 0.5) is 5.82 Å². The molecule has 0 amide bonds. The van der Waals surface area contributed by atoms with Gasteiger partial charge in [0.1, 0.15) is 5.82 Å². The summed E-state index contributed by atoms with van der Waals surface area (Å²) in [4.78, 5) is 14.8. The van der Waals surface area contributed by atoms with Gasteiger partial charge in [0.15, 0.2) is 5.82 Å². The molecule has 0 radical (unpaired) electrons. The molecule has 1 saturated heterocycles. The van der Waals surface area contributed by atoms with E-state index in [1.807, 2.05) is 39.0 Å². The van der Waals surface area contributed by atoms with Gasteiger partial charge >= 0.3 is 0 Å². The molecule has 192 valence electrons. The summed E-state index contributed by atoms with van der Waals surface area (Å²) in [6, 6.07) is 18.8. The van der Waals surface area contributed by atoms with Crippen molar-refractivity contribution in [2.75, 3.05) is 44.2 Å². The summed E-state index contributed by atoms with van der Waals surface area (Å²) in [5.41, 5.74) is 5.60. The van der Waals surface area contributed by atoms with Crippen LogP contribution in [0.1, 0.15) is 43.2 Å². The molecule has 0 saturated carbocycles. The van der Waals surface area contributed by atoms with Crippen LogP contribution >= 0.6 is 0 Å². The minimum absolute atomic E-state index is 0.242. The van der Waals surface area contributed by atoms with Crippen molar-refractivity contribution in [1.29, 1.82) is 0 Å². The Kier molecular flexibility index (Phi) is 8.39. The molecule has 1 atom stereocenters. The summed E-state index contributed by atoms with van der Waals surface area (Å²) in [5.74, 6) is 1.80. The molecule has 6 nitrogen and oxygen atoms in total. The van der Waals surface area contributed by atoms with Crippen molar-refractivity contribution in [3.63, 3.8) is 0 Å². The summed E-state index contributed by atoms with van der Waals surface area (Å²) in [5, 5.41) is 10.5. The number of aryl methyl sites for hydroxylation is 2. The third-order valence-corrected chi connectivity index (χ3v) is 6.70. The van der Waals surface area contributed by atoms with Crippen LogP contribution in [-0.4, -0.2) is 71.0 Å². The summed E-state index contributed by atoms with van der Waals surface area (Å²) in [7, 11) is 0. The molecule has 36 heavy (non-hydrogen) atoms. The smallest absolute Gasteiger partial charge is 0.161 e. The fourth-order valence-electron chi connectivity index (χ4n) is 4.60. The Morgan fingerprint density at radius 3 is 2.25 bits per heavy atom. The van der Waals surface area contributed by atoms with Gasteiger partial charge in [0.2, 0.25) is 0 Å². The van der Waals surface area contributed by atoms with Crippen LogP contribution in [-0.2, 0) is 11.2 Å². The highest BCUT2D eigenvalue weighted by Crippen LogP contribution is 2.29. The first-order valence-corrected chi connectivity index (χ1v) is 13.0. The molecular formula is C30H40N4O2. The molecule has 1 aromatic heterocycles. The van der Waals surface area contributed by atoms with Gasteiger partial charge in [-0.2, -0.15) is 0 Å². The molecule has 1 N–H and O–H groups in total. The first-order valence-electron chi connectivity index (χ1n) is 13.0. The zero-order valence-electron chi connectivity index (χ0n) is 22.4. The van der Waals surface area contributed by atoms with Crippen molar-refractivity contribution in [2.24, 2.45) is 0 Å². The lowest BCUT2D eigenvalue weighted by atomic mass is 9.99. The fraction of sp³-hybridized carbons (Fsp3) is 0.467. The Balaban J connectivity index is 1.54. The number of anilines is 1. The van der Waals surface area contributed by atoms with Crippen LogP contribution in [0.3, 0.4) is 0 Å². The molecule has 0 bridgehead atoms. The van der Waals surface area contributed by atoms with Crippen LogP contribution in [0.25, 0.3) is 11.4 Å². The molecule has 1 aliphatic rings. The highest BCUT2D eigenvalue weighted by atomic mass is 16.5. The molecule has 2 heterocycles. The normalized spacial score (nSPS) is 15.8. The second kappa shape index (κ2) is 11.5. The Morgan fingerprint density at radius 1 is 0.917 bits per heavy atom. The van der Waals surface area contributed by atoms with Crippen LogP contribution in [0.5, 0.6) is 0 Å². The van der Waals surface area contributed by atoms with E-state index in [9.17, 15) is 5.11 Å². The standard InChI is InChI=1S/C30H40N4O2/c1-22-11-9-10-14-25(22)19-27-23(2)31-28(24-12-7-6-8-13-24)32-29(27)34-17-15-33(16-18-34)20-26(35)21-36-30(3,4)5/h6-14,26,35H,15-21H2,1-5H3. The summed E-state index contributed by atoms with van der Waals surface area (Å²) >= 11 is 0. The van der Waals surface area contributed by atoms with Crippen molar-refractivity contribution in [2.45, 2.75) is 52.7 Å². The maximum absolute atomic E-state index is 10.5. The number of benzene rings is 2. The van der Waals surface area contributed by atoms with E-state index in [-0.39, 0.29) is 5.60 Å². The molecule has 1 fully saturated rings. The second-order valence-electron chi connectivity index (χ2n) is 10.8. The number of hydrogen-bond acceptors (Lipinski definition) is 6. The number of β-amino-alcohol motifs (C(OH)–C–C–N with tert-alkyl or cyclic N) is 1. The van der Waals surface area contributed by atoms with E-state index < -0.39 is 6.10 Å².